The molecule has 23 heavy (non-hydrogen) atoms. The molecule has 2 aromatic rings. The van der Waals surface area contributed by atoms with Crippen LogP contribution >= 0.6 is 0 Å². The molecule has 2 aliphatic rings. The third-order valence-corrected chi connectivity index (χ3v) is 4.78. The van der Waals surface area contributed by atoms with E-state index in [0.29, 0.717) is 0 Å². The molecule has 0 unspecified atom stereocenters. The van der Waals surface area contributed by atoms with Gasteiger partial charge >= 0.3 is 0 Å². The van der Waals surface area contributed by atoms with Gasteiger partial charge < -0.3 is 19.4 Å². The third-order valence-electron chi connectivity index (χ3n) is 4.78. The molecule has 0 atom stereocenters. The first kappa shape index (κ1) is 14.7. The molecule has 122 valence electrons. The first-order valence-electron chi connectivity index (χ1n) is 8.47. The molecule has 4 rings (SSSR count). The number of quaternary nitrogens is 1. The molecule has 6 heteroatoms. The standard InChI is InChI=1S/C17H23N5O/c1-20-6-8-22(9-7-20)17-18-15-5-3-2-4-14(15)16(19-17)21-10-12-23-13-11-21/h2-5H,6-13H2,1H3/p+1. The van der Waals surface area contributed by atoms with Gasteiger partial charge in [-0.05, 0) is 12.1 Å². The largest absolute Gasteiger partial charge is 0.378 e. The molecular formula is C17H24N5O+. The van der Waals surface area contributed by atoms with Crippen LogP contribution in [0.25, 0.3) is 10.9 Å². The zero-order valence-corrected chi connectivity index (χ0v) is 13.7. The van der Waals surface area contributed by atoms with Crippen molar-refractivity contribution in [1.29, 1.82) is 0 Å². The number of hydrogen-bond donors (Lipinski definition) is 1. The molecule has 2 saturated heterocycles. The first-order chi connectivity index (χ1) is 11.3. The maximum Gasteiger partial charge on any atom is 0.228 e. The van der Waals surface area contributed by atoms with Gasteiger partial charge in [-0.25, -0.2) is 4.98 Å². The van der Waals surface area contributed by atoms with Crippen LogP contribution in [0.4, 0.5) is 11.8 Å². The monoisotopic (exact) mass is 314 g/mol. The summed E-state index contributed by atoms with van der Waals surface area (Å²) in [7, 11) is 2.25. The highest BCUT2D eigenvalue weighted by molar-refractivity contribution is 5.90. The van der Waals surface area contributed by atoms with Gasteiger partial charge in [-0.15, -0.1) is 0 Å². The zero-order chi connectivity index (χ0) is 15.6. The Kier molecular flexibility index (Phi) is 4.01. The van der Waals surface area contributed by atoms with Crippen LogP contribution in [0.2, 0.25) is 0 Å². The molecule has 0 radical (unpaired) electrons. The number of morpholine rings is 1. The lowest BCUT2D eigenvalue weighted by molar-refractivity contribution is -0.880. The van der Waals surface area contributed by atoms with E-state index in [2.05, 4.69) is 41.1 Å². The van der Waals surface area contributed by atoms with Gasteiger partial charge in [0.1, 0.15) is 5.82 Å². The summed E-state index contributed by atoms with van der Waals surface area (Å²) in [6.07, 6.45) is 0. The van der Waals surface area contributed by atoms with Gasteiger partial charge in [0.25, 0.3) is 0 Å². The third kappa shape index (κ3) is 2.96. The minimum atomic E-state index is 0.769. The molecule has 6 nitrogen and oxygen atoms in total. The predicted molar refractivity (Wildman–Crippen MR) is 91.4 cm³/mol. The molecule has 0 bridgehead atoms. The summed E-state index contributed by atoms with van der Waals surface area (Å²) in [6, 6.07) is 8.33. The number of anilines is 2. The van der Waals surface area contributed by atoms with Crippen molar-refractivity contribution in [2.45, 2.75) is 0 Å². The molecule has 3 heterocycles. The smallest absolute Gasteiger partial charge is 0.228 e. The summed E-state index contributed by atoms with van der Waals surface area (Å²) < 4.78 is 5.49. The maximum atomic E-state index is 5.49. The van der Waals surface area contributed by atoms with E-state index in [1.54, 1.807) is 4.90 Å². The Balaban J connectivity index is 1.74. The van der Waals surface area contributed by atoms with Gasteiger partial charge in [-0.3, -0.25) is 0 Å². The quantitative estimate of drug-likeness (QED) is 0.832. The van der Waals surface area contributed by atoms with Crippen molar-refractivity contribution in [3.8, 4) is 0 Å². The highest BCUT2D eigenvalue weighted by Gasteiger charge is 2.22. The molecule has 1 aromatic heterocycles. The van der Waals surface area contributed by atoms with E-state index < -0.39 is 0 Å². The van der Waals surface area contributed by atoms with Crippen molar-refractivity contribution < 1.29 is 9.64 Å². The molecule has 2 aliphatic heterocycles. The van der Waals surface area contributed by atoms with Gasteiger partial charge in [0.2, 0.25) is 5.95 Å². The minimum Gasteiger partial charge on any atom is -0.378 e. The van der Waals surface area contributed by atoms with Crippen molar-refractivity contribution >= 4 is 22.7 Å². The Labute approximate surface area is 136 Å². The number of likely N-dealkylation sites (N-methyl/N-ethyl adjacent to an activating group) is 1. The van der Waals surface area contributed by atoms with Crippen molar-refractivity contribution in [2.75, 3.05) is 69.3 Å². The van der Waals surface area contributed by atoms with Gasteiger partial charge in [-0.1, -0.05) is 12.1 Å². The first-order valence-corrected chi connectivity index (χ1v) is 8.47. The van der Waals surface area contributed by atoms with E-state index in [-0.39, 0.29) is 0 Å². The van der Waals surface area contributed by atoms with Crippen LogP contribution in [0.15, 0.2) is 24.3 Å². The zero-order valence-electron chi connectivity index (χ0n) is 13.7. The normalized spacial score (nSPS) is 20.2. The minimum absolute atomic E-state index is 0.769. The van der Waals surface area contributed by atoms with Crippen LogP contribution in [-0.4, -0.2) is 69.5 Å². The van der Waals surface area contributed by atoms with Crippen molar-refractivity contribution in [3.63, 3.8) is 0 Å². The van der Waals surface area contributed by atoms with Crippen LogP contribution in [0.1, 0.15) is 0 Å². The van der Waals surface area contributed by atoms with E-state index in [4.69, 9.17) is 14.7 Å². The number of ether oxygens (including phenoxy) is 1. The lowest BCUT2D eigenvalue weighted by Gasteiger charge is -2.32. The Bertz CT molecular complexity index is 678. The van der Waals surface area contributed by atoms with Gasteiger partial charge in [0, 0.05) is 18.5 Å². The van der Waals surface area contributed by atoms with Crippen LogP contribution in [0.5, 0.6) is 0 Å². The predicted octanol–water partition coefficient (Wildman–Crippen LogP) is -0.199. The van der Waals surface area contributed by atoms with Gasteiger partial charge in [0.05, 0.1) is 52.0 Å². The summed E-state index contributed by atoms with van der Waals surface area (Å²) in [4.78, 5) is 16.0. The van der Waals surface area contributed by atoms with E-state index >= 15 is 0 Å². The highest BCUT2D eigenvalue weighted by atomic mass is 16.5. The van der Waals surface area contributed by atoms with E-state index in [1.807, 2.05) is 0 Å². The molecular weight excluding hydrogens is 290 g/mol. The highest BCUT2D eigenvalue weighted by Crippen LogP contribution is 2.27. The lowest BCUT2D eigenvalue weighted by atomic mass is 10.2. The van der Waals surface area contributed by atoms with E-state index in [1.165, 1.54) is 0 Å². The maximum absolute atomic E-state index is 5.49. The van der Waals surface area contributed by atoms with Crippen molar-refractivity contribution in [3.05, 3.63) is 24.3 Å². The fraction of sp³-hybridized carbons (Fsp3) is 0.529. The summed E-state index contributed by atoms with van der Waals surface area (Å²) in [5, 5.41) is 1.14. The lowest BCUT2D eigenvalue weighted by Crippen LogP contribution is -3.12. The molecule has 0 spiro atoms. The summed E-state index contributed by atoms with van der Waals surface area (Å²) >= 11 is 0. The van der Waals surface area contributed by atoms with Crippen molar-refractivity contribution in [1.82, 2.24) is 9.97 Å². The van der Waals surface area contributed by atoms with E-state index in [9.17, 15) is 0 Å². The second-order valence-electron chi connectivity index (χ2n) is 6.41. The average Bonchev–Trinajstić information content (AvgIpc) is 2.62. The van der Waals surface area contributed by atoms with Crippen LogP contribution < -0.4 is 14.7 Å². The summed E-state index contributed by atoms with van der Waals surface area (Å²) in [5.41, 5.74) is 1.03. The van der Waals surface area contributed by atoms with Gasteiger partial charge in [0.15, 0.2) is 0 Å². The van der Waals surface area contributed by atoms with Crippen LogP contribution in [0.3, 0.4) is 0 Å². The molecule has 2 fully saturated rings. The average molecular weight is 314 g/mol. The fourth-order valence-electron chi connectivity index (χ4n) is 3.29. The topological polar surface area (TPSA) is 45.9 Å². The number of piperazine rings is 1. The van der Waals surface area contributed by atoms with Crippen molar-refractivity contribution in [2.24, 2.45) is 0 Å². The second-order valence-corrected chi connectivity index (χ2v) is 6.41. The van der Waals surface area contributed by atoms with Crippen LogP contribution in [-0.2, 0) is 4.74 Å². The SMILES string of the molecule is C[NH+]1CCN(c2nc(N3CCOCC3)c3ccccc3n2)CC1. The molecule has 0 aliphatic carbocycles. The summed E-state index contributed by atoms with van der Waals surface area (Å²) in [6.45, 7) is 7.66. The van der Waals surface area contributed by atoms with E-state index in [0.717, 1.165) is 75.2 Å². The molecule has 0 saturated carbocycles. The van der Waals surface area contributed by atoms with Gasteiger partial charge in [-0.2, -0.15) is 4.98 Å². The Morgan fingerprint density at radius 2 is 1.70 bits per heavy atom. The number of aromatic nitrogens is 2. The number of nitrogens with zero attached hydrogens (tertiary/aromatic N) is 4. The number of para-hydroxylation sites is 1. The number of hydrogen-bond acceptors (Lipinski definition) is 5. The number of nitrogens with one attached hydrogen (secondary N) is 1. The fourth-order valence-corrected chi connectivity index (χ4v) is 3.29. The Hall–Kier alpha value is -1.92. The number of fused-ring (bicyclic) bond motifs is 1. The summed E-state index contributed by atoms with van der Waals surface area (Å²) in [5.74, 6) is 1.93. The van der Waals surface area contributed by atoms with Crippen LogP contribution in [0, 0.1) is 0 Å². The Morgan fingerprint density at radius 3 is 2.48 bits per heavy atom. The number of rotatable bonds is 2. The molecule has 1 aromatic carbocycles. The molecule has 0 amide bonds. The Morgan fingerprint density at radius 1 is 0.957 bits per heavy atom. The molecule has 1 N–H and O–H groups in total. The number of benzene rings is 1. The second kappa shape index (κ2) is 6.29.